The zero-order valence-corrected chi connectivity index (χ0v) is 16.1. The summed E-state index contributed by atoms with van der Waals surface area (Å²) in [5.74, 6) is -2.56. The zero-order valence-electron chi connectivity index (χ0n) is 16.1. The van der Waals surface area contributed by atoms with Gasteiger partial charge in [-0.15, -0.1) is 0 Å². The summed E-state index contributed by atoms with van der Waals surface area (Å²) in [6.45, 7) is 4.33. The Balaban J connectivity index is 1.46. The van der Waals surface area contributed by atoms with Crippen LogP contribution in [0.3, 0.4) is 0 Å². The zero-order chi connectivity index (χ0) is 20.6. The number of aliphatic carboxylic acids is 1. The number of halogens is 1. The summed E-state index contributed by atoms with van der Waals surface area (Å²) in [7, 11) is 0. The van der Waals surface area contributed by atoms with Crippen molar-refractivity contribution in [1.82, 2.24) is 14.8 Å². The van der Waals surface area contributed by atoms with Crippen molar-refractivity contribution in [1.29, 1.82) is 0 Å². The lowest BCUT2D eigenvalue weighted by Gasteiger charge is -2.35. The number of nitrogens with zero attached hydrogens (tertiary/aromatic N) is 3. The van der Waals surface area contributed by atoms with Crippen LogP contribution in [0.5, 0.6) is 0 Å². The van der Waals surface area contributed by atoms with Gasteiger partial charge in [-0.05, 0) is 35.9 Å². The highest BCUT2D eigenvalue weighted by molar-refractivity contribution is 5.93. The third-order valence-corrected chi connectivity index (χ3v) is 4.98. The summed E-state index contributed by atoms with van der Waals surface area (Å²) in [6.07, 6.45) is 3.48. The first-order valence-electron chi connectivity index (χ1n) is 9.61. The number of piperazine rings is 1. The predicted octanol–water partition coefficient (Wildman–Crippen LogP) is 2.07. The van der Waals surface area contributed by atoms with Gasteiger partial charge >= 0.3 is 5.97 Å². The molecule has 3 rings (SSSR count). The van der Waals surface area contributed by atoms with Crippen LogP contribution in [0.15, 0.2) is 48.8 Å². The quantitative estimate of drug-likeness (QED) is 0.706. The molecule has 1 saturated heterocycles. The second-order valence-corrected chi connectivity index (χ2v) is 7.23. The van der Waals surface area contributed by atoms with Crippen molar-refractivity contribution in [2.75, 3.05) is 38.0 Å². The molecular formula is C21H25FN4O3. The number of carboxylic acids is 1. The van der Waals surface area contributed by atoms with Gasteiger partial charge in [0, 0.05) is 63.8 Å². The fraction of sp³-hybridized carbons (Fsp3) is 0.381. The molecule has 0 saturated carbocycles. The maximum atomic E-state index is 12.9. The number of anilines is 1. The van der Waals surface area contributed by atoms with Crippen LogP contribution < -0.4 is 5.32 Å². The molecule has 0 aliphatic carbocycles. The lowest BCUT2D eigenvalue weighted by Crippen LogP contribution is -2.48. The maximum Gasteiger partial charge on any atom is 0.308 e. The summed E-state index contributed by atoms with van der Waals surface area (Å²) in [5, 5.41) is 12.2. The second-order valence-electron chi connectivity index (χ2n) is 7.23. The monoisotopic (exact) mass is 400 g/mol. The van der Waals surface area contributed by atoms with Gasteiger partial charge in [0.2, 0.25) is 5.91 Å². The minimum Gasteiger partial charge on any atom is -0.481 e. The lowest BCUT2D eigenvalue weighted by atomic mass is 10.0. The van der Waals surface area contributed by atoms with Gasteiger partial charge in [-0.25, -0.2) is 4.39 Å². The number of hydrogen-bond acceptors (Lipinski definition) is 5. The molecule has 0 bridgehead atoms. The Morgan fingerprint density at radius 2 is 1.79 bits per heavy atom. The van der Waals surface area contributed by atoms with E-state index in [1.807, 2.05) is 18.3 Å². The van der Waals surface area contributed by atoms with E-state index in [9.17, 15) is 19.1 Å². The minimum atomic E-state index is -0.989. The Labute approximate surface area is 169 Å². The van der Waals surface area contributed by atoms with Crippen molar-refractivity contribution in [2.24, 2.45) is 5.92 Å². The van der Waals surface area contributed by atoms with Gasteiger partial charge < -0.3 is 10.4 Å². The number of nitrogens with one attached hydrogen (secondary N) is 1. The standard InChI is InChI=1S/C21H25FN4O3/c22-18-3-5-19(6-4-18)24-20(27)12-17(21(28)29)15-26-10-8-25(9-11-26)14-16-2-1-7-23-13-16/h1-7,13,17H,8-12,14-15H2,(H,24,27)(H,28,29)/t17-/m0/s1. The molecule has 1 aliphatic rings. The largest absolute Gasteiger partial charge is 0.481 e. The van der Waals surface area contributed by atoms with Gasteiger partial charge in [0.05, 0.1) is 5.92 Å². The van der Waals surface area contributed by atoms with Crippen LogP contribution in [-0.4, -0.2) is 64.5 Å². The number of hydrogen-bond donors (Lipinski definition) is 2. The van der Waals surface area contributed by atoms with Gasteiger partial charge in [-0.2, -0.15) is 0 Å². The van der Waals surface area contributed by atoms with E-state index in [1.54, 1.807) is 6.20 Å². The Morgan fingerprint density at radius 3 is 2.41 bits per heavy atom. The third-order valence-electron chi connectivity index (χ3n) is 4.98. The van der Waals surface area contributed by atoms with Gasteiger partial charge in [0.15, 0.2) is 0 Å². The molecule has 1 fully saturated rings. The van der Waals surface area contributed by atoms with Crippen LogP contribution in [0.2, 0.25) is 0 Å². The fourth-order valence-electron chi connectivity index (χ4n) is 3.39. The molecule has 2 aromatic rings. The second kappa shape index (κ2) is 10.1. The first kappa shape index (κ1) is 20.9. The van der Waals surface area contributed by atoms with E-state index in [0.717, 1.165) is 38.3 Å². The number of rotatable bonds is 8. The predicted molar refractivity (Wildman–Crippen MR) is 107 cm³/mol. The van der Waals surface area contributed by atoms with E-state index in [-0.39, 0.29) is 12.3 Å². The van der Waals surface area contributed by atoms with Gasteiger partial charge in [-0.3, -0.25) is 24.4 Å². The molecule has 29 heavy (non-hydrogen) atoms. The molecule has 8 heteroatoms. The van der Waals surface area contributed by atoms with Gasteiger partial charge in [-0.1, -0.05) is 6.07 Å². The molecule has 1 aromatic heterocycles. The Bertz CT molecular complexity index is 808. The van der Waals surface area contributed by atoms with Crippen molar-refractivity contribution >= 4 is 17.6 Å². The van der Waals surface area contributed by atoms with Crippen LogP contribution in [0.1, 0.15) is 12.0 Å². The lowest BCUT2D eigenvalue weighted by molar-refractivity contribution is -0.144. The highest BCUT2D eigenvalue weighted by Crippen LogP contribution is 2.14. The summed E-state index contributed by atoms with van der Waals surface area (Å²) < 4.78 is 12.9. The number of amides is 1. The number of benzene rings is 1. The molecular weight excluding hydrogens is 375 g/mol. The topological polar surface area (TPSA) is 85.8 Å². The third kappa shape index (κ3) is 6.62. The van der Waals surface area contributed by atoms with E-state index in [4.69, 9.17) is 0 Å². The van der Waals surface area contributed by atoms with Crippen molar-refractivity contribution in [3.8, 4) is 0 Å². The van der Waals surface area contributed by atoms with Crippen molar-refractivity contribution < 1.29 is 19.1 Å². The molecule has 1 amide bonds. The smallest absolute Gasteiger partial charge is 0.308 e. The van der Waals surface area contributed by atoms with E-state index in [1.165, 1.54) is 24.3 Å². The molecule has 0 unspecified atom stereocenters. The van der Waals surface area contributed by atoms with Gasteiger partial charge in [0.1, 0.15) is 5.82 Å². The number of carbonyl (C=O) groups is 2. The van der Waals surface area contributed by atoms with Crippen LogP contribution >= 0.6 is 0 Å². The normalized spacial score (nSPS) is 16.3. The Kier molecular flexibility index (Phi) is 7.26. The summed E-state index contributed by atoms with van der Waals surface area (Å²) >= 11 is 0. The molecule has 154 valence electrons. The molecule has 1 aliphatic heterocycles. The maximum absolute atomic E-state index is 12.9. The van der Waals surface area contributed by atoms with E-state index >= 15 is 0 Å². The average Bonchev–Trinajstić information content (AvgIpc) is 2.71. The molecule has 0 spiro atoms. The molecule has 0 radical (unpaired) electrons. The molecule has 1 aromatic carbocycles. The first-order chi connectivity index (χ1) is 14.0. The number of pyridine rings is 1. The number of carbonyl (C=O) groups excluding carboxylic acids is 1. The van der Waals surface area contributed by atoms with Crippen molar-refractivity contribution in [2.45, 2.75) is 13.0 Å². The highest BCUT2D eigenvalue weighted by atomic mass is 19.1. The van der Waals surface area contributed by atoms with Crippen molar-refractivity contribution in [3.63, 3.8) is 0 Å². The summed E-state index contributed by atoms with van der Waals surface area (Å²) in [5.41, 5.74) is 1.60. The SMILES string of the molecule is O=C(C[C@@H](CN1CCN(Cc2cccnc2)CC1)C(=O)O)Nc1ccc(F)cc1. The molecule has 2 N–H and O–H groups in total. The molecule has 7 nitrogen and oxygen atoms in total. The van der Waals surface area contributed by atoms with E-state index in [0.29, 0.717) is 12.2 Å². The van der Waals surface area contributed by atoms with Gasteiger partial charge in [0.25, 0.3) is 0 Å². The summed E-state index contributed by atoms with van der Waals surface area (Å²) in [4.78, 5) is 32.4. The van der Waals surface area contributed by atoms with Crippen LogP contribution in [0.25, 0.3) is 0 Å². The molecule has 2 heterocycles. The molecule has 1 atom stereocenters. The van der Waals surface area contributed by atoms with Crippen LogP contribution in [-0.2, 0) is 16.1 Å². The minimum absolute atomic E-state index is 0.122. The average molecular weight is 400 g/mol. The number of aromatic nitrogens is 1. The highest BCUT2D eigenvalue weighted by Gasteiger charge is 2.26. The van der Waals surface area contributed by atoms with E-state index in [2.05, 4.69) is 20.1 Å². The summed E-state index contributed by atoms with van der Waals surface area (Å²) in [6, 6.07) is 9.35. The fourth-order valence-corrected chi connectivity index (χ4v) is 3.39. The Hall–Kier alpha value is -2.84. The van der Waals surface area contributed by atoms with Crippen LogP contribution in [0, 0.1) is 11.7 Å². The Morgan fingerprint density at radius 1 is 1.10 bits per heavy atom. The van der Waals surface area contributed by atoms with Crippen LogP contribution in [0.4, 0.5) is 10.1 Å². The van der Waals surface area contributed by atoms with Crippen molar-refractivity contribution in [3.05, 3.63) is 60.2 Å². The first-order valence-corrected chi connectivity index (χ1v) is 9.61. The number of carboxylic acid groups (broad SMARTS) is 1. The van der Waals surface area contributed by atoms with E-state index < -0.39 is 17.7 Å².